The Morgan fingerprint density at radius 2 is 1.95 bits per heavy atom. The molecule has 106 valence electrons. The van der Waals surface area contributed by atoms with E-state index in [4.69, 9.17) is 9.88 Å². The van der Waals surface area contributed by atoms with Crippen LogP contribution in [0.5, 0.6) is 0 Å². The number of rotatable bonds is 6. The van der Waals surface area contributed by atoms with Gasteiger partial charge in [0.15, 0.2) is 0 Å². The summed E-state index contributed by atoms with van der Waals surface area (Å²) in [6, 6.07) is 8.42. The van der Waals surface area contributed by atoms with Crippen molar-refractivity contribution in [1.82, 2.24) is 0 Å². The van der Waals surface area contributed by atoms with Crippen LogP contribution in [0.15, 0.2) is 30.3 Å². The normalized spacial score (nSPS) is 14.7. The number of aliphatic hydroxyl groups is 1. The van der Waals surface area contributed by atoms with E-state index < -0.39 is 35.1 Å². The number of benzene rings is 1. The zero-order valence-electron chi connectivity index (χ0n) is 10.2. The van der Waals surface area contributed by atoms with Gasteiger partial charge < -0.3 is 9.84 Å². The monoisotopic (exact) mass is 289 g/mol. The molecule has 0 fully saturated rings. The van der Waals surface area contributed by atoms with Gasteiger partial charge in [-0.2, -0.15) is 8.42 Å². The minimum atomic E-state index is -4.32. The lowest BCUT2D eigenvalue weighted by molar-refractivity contribution is -0.164. The van der Waals surface area contributed by atoms with Gasteiger partial charge in [0.05, 0.1) is 12.5 Å². The molecule has 0 saturated heterocycles. The van der Waals surface area contributed by atoms with E-state index >= 15 is 0 Å². The van der Waals surface area contributed by atoms with Crippen LogP contribution in [0, 0.1) is 0 Å². The van der Waals surface area contributed by atoms with Gasteiger partial charge in [-0.05, 0) is 5.56 Å². The summed E-state index contributed by atoms with van der Waals surface area (Å²) in [4.78, 5) is 11.0. The Balaban J connectivity index is 3.02. The molecule has 0 aliphatic heterocycles. The molecule has 1 aromatic rings. The molecule has 0 saturated carbocycles. The predicted octanol–water partition coefficient (Wildman–Crippen LogP) is -0.128. The van der Waals surface area contributed by atoms with Gasteiger partial charge in [-0.25, -0.2) is 9.32 Å². The third-order valence-electron chi connectivity index (χ3n) is 2.26. The summed E-state index contributed by atoms with van der Waals surface area (Å²) in [7, 11) is -4.32. The van der Waals surface area contributed by atoms with Crippen molar-refractivity contribution < 1.29 is 27.2 Å². The molecule has 0 aromatic heterocycles. The highest BCUT2D eigenvalue weighted by Crippen LogP contribution is 2.23. The minimum absolute atomic E-state index is 0.475. The Hall–Kier alpha value is -1.48. The summed E-state index contributed by atoms with van der Waals surface area (Å²) < 4.78 is 31.2. The third-order valence-corrected chi connectivity index (χ3v) is 2.72. The zero-order valence-corrected chi connectivity index (χ0v) is 11.0. The first-order valence-corrected chi connectivity index (χ1v) is 6.84. The molecule has 0 amide bonds. The van der Waals surface area contributed by atoms with Crippen molar-refractivity contribution in [2.24, 2.45) is 5.14 Å². The van der Waals surface area contributed by atoms with Crippen molar-refractivity contribution in [2.75, 3.05) is 6.61 Å². The molecule has 0 radical (unpaired) electrons. The highest BCUT2D eigenvalue weighted by molar-refractivity contribution is 7.84. The fraction of sp³-hybridized carbons (Fsp3) is 0.364. The van der Waals surface area contributed by atoms with Gasteiger partial charge >= 0.3 is 16.3 Å². The Morgan fingerprint density at radius 3 is 2.37 bits per heavy atom. The summed E-state index contributed by atoms with van der Waals surface area (Å²) in [6.45, 7) is 0.621. The fourth-order valence-electron chi connectivity index (χ4n) is 1.51. The second-order valence-corrected chi connectivity index (χ2v) is 4.94. The van der Waals surface area contributed by atoms with E-state index in [-0.39, 0.29) is 0 Å². The van der Waals surface area contributed by atoms with Crippen molar-refractivity contribution in [1.29, 1.82) is 0 Å². The summed E-state index contributed by atoms with van der Waals surface area (Å²) in [5, 5.41) is 14.1. The molecule has 0 aliphatic carbocycles. The van der Waals surface area contributed by atoms with E-state index in [2.05, 4.69) is 4.18 Å². The second kappa shape index (κ2) is 6.62. The average molecular weight is 289 g/mol. The van der Waals surface area contributed by atoms with E-state index in [1.165, 1.54) is 0 Å². The molecule has 1 rings (SSSR count). The highest BCUT2D eigenvalue weighted by atomic mass is 32.2. The van der Waals surface area contributed by atoms with Crippen molar-refractivity contribution >= 4 is 16.3 Å². The SMILES string of the molecule is CC(=O)O[C@H](OS(N)(=O)=O)C(CO)c1ccccc1. The summed E-state index contributed by atoms with van der Waals surface area (Å²) in [6.07, 6.45) is -1.51. The smallest absolute Gasteiger partial charge is 0.336 e. The van der Waals surface area contributed by atoms with Crippen LogP contribution in [-0.2, 0) is 24.0 Å². The molecule has 0 aliphatic rings. The molecule has 0 heterocycles. The maximum absolute atomic E-state index is 11.0. The first kappa shape index (κ1) is 15.6. The molecule has 0 bridgehead atoms. The number of hydrogen-bond acceptors (Lipinski definition) is 6. The van der Waals surface area contributed by atoms with E-state index in [0.29, 0.717) is 5.56 Å². The number of hydrogen-bond donors (Lipinski definition) is 2. The Bertz CT molecular complexity index is 515. The zero-order chi connectivity index (χ0) is 14.5. The van der Waals surface area contributed by atoms with Gasteiger partial charge in [0.2, 0.25) is 6.29 Å². The van der Waals surface area contributed by atoms with E-state index in [0.717, 1.165) is 6.92 Å². The van der Waals surface area contributed by atoms with Crippen LogP contribution in [0.3, 0.4) is 0 Å². The lowest BCUT2D eigenvalue weighted by Crippen LogP contribution is -2.34. The molecular weight excluding hydrogens is 274 g/mol. The van der Waals surface area contributed by atoms with Crippen LogP contribution in [0.4, 0.5) is 0 Å². The minimum Gasteiger partial charge on any atom is -0.434 e. The average Bonchev–Trinajstić information content (AvgIpc) is 2.28. The van der Waals surface area contributed by atoms with E-state index in [9.17, 15) is 18.3 Å². The van der Waals surface area contributed by atoms with Gasteiger partial charge in [0.25, 0.3) is 0 Å². The number of nitrogens with two attached hydrogens (primary N) is 1. The molecule has 0 spiro atoms. The molecular formula is C11H15NO6S. The lowest BCUT2D eigenvalue weighted by Gasteiger charge is -2.24. The van der Waals surface area contributed by atoms with Gasteiger partial charge in [0, 0.05) is 6.92 Å². The topological polar surface area (TPSA) is 116 Å². The first-order valence-electron chi connectivity index (χ1n) is 5.37. The van der Waals surface area contributed by atoms with Crippen LogP contribution in [-0.4, -0.2) is 32.4 Å². The maximum Gasteiger partial charge on any atom is 0.336 e. The molecule has 1 unspecified atom stereocenters. The predicted molar refractivity (Wildman–Crippen MR) is 66.0 cm³/mol. The number of carbonyl (C=O) groups excluding carboxylic acids is 1. The molecule has 8 heteroatoms. The van der Waals surface area contributed by atoms with Gasteiger partial charge in [-0.15, -0.1) is 0 Å². The van der Waals surface area contributed by atoms with Crippen LogP contribution in [0.1, 0.15) is 18.4 Å². The lowest BCUT2D eigenvalue weighted by atomic mass is 10.00. The fourth-order valence-corrected chi connectivity index (χ4v) is 1.95. The van der Waals surface area contributed by atoms with Gasteiger partial charge in [0.1, 0.15) is 0 Å². The van der Waals surface area contributed by atoms with Crippen LogP contribution >= 0.6 is 0 Å². The quantitative estimate of drug-likeness (QED) is 0.556. The van der Waals surface area contributed by atoms with Crippen LogP contribution < -0.4 is 5.14 Å². The van der Waals surface area contributed by atoms with Gasteiger partial charge in [-0.1, -0.05) is 30.3 Å². The molecule has 7 nitrogen and oxygen atoms in total. The number of carbonyl (C=O) groups is 1. The van der Waals surface area contributed by atoms with E-state index in [1.807, 2.05) is 0 Å². The molecule has 2 atom stereocenters. The molecule has 3 N–H and O–H groups in total. The largest absolute Gasteiger partial charge is 0.434 e. The summed E-state index contributed by atoms with van der Waals surface area (Å²) >= 11 is 0. The number of ether oxygens (including phenoxy) is 1. The Morgan fingerprint density at radius 1 is 1.37 bits per heavy atom. The number of esters is 1. The van der Waals surface area contributed by atoms with Crippen molar-refractivity contribution in [2.45, 2.75) is 19.1 Å². The molecule has 1 aromatic carbocycles. The van der Waals surface area contributed by atoms with Crippen molar-refractivity contribution in [3.05, 3.63) is 35.9 Å². The second-order valence-electron chi connectivity index (χ2n) is 3.77. The number of aliphatic hydroxyl groups excluding tert-OH is 1. The third kappa shape index (κ3) is 5.35. The first-order chi connectivity index (χ1) is 8.83. The highest BCUT2D eigenvalue weighted by Gasteiger charge is 2.30. The standard InChI is InChI=1S/C11H15NO6S/c1-8(14)17-11(18-19(12,15)16)10(7-13)9-5-3-2-4-6-9/h2-6,10-11,13H,7H2,1H3,(H2,12,15,16)/t10?,11-/m1/s1. The maximum atomic E-state index is 11.0. The summed E-state index contributed by atoms with van der Waals surface area (Å²) in [5.41, 5.74) is 0.555. The van der Waals surface area contributed by atoms with Crippen molar-refractivity contribution in [3.8, 4) is 0 Å². The van der Waals surface area contributed by atoms with Crippen LogP contribution in [0.2, 0.25) is 0 Å². The summed E-state index contributed by atoms with van der Waals surface area (Å²) in [5.74, 6) is -1.61. The molecule has 19 heavy (non-hydrogen) atoms. The Kier molecular flexibility index (Phi) is 5.43. The van der Waals surface area contributed by atoms with Crippen molar-refractivity contribution in [3.63, 3.8) is 0 Å². The van der Waals surface area contributed by atoms with Gasteiger partial charge in [-0.3, -0.25) is 4.79 Å². The van der Waals surface area contributed by atoms with Crippen LogP contribution in [0.25, 0.3) is 0 Å². The van der Waals surface area contributed by atoms with E-state index in [1.54, 1.807) is 30.3 Å². The Labute approximate surface area is 111 Å².